The summed E-state index contributed by atoms with van der Waals surface area (Å²) in [6.07, 6.45) is 1.50. The molecule has 33 heavy (non-hydrogen) atoms. The molecule has 0 bridgehead atoms. The number of rotatable bonds is 7. The Morgan fingerprint density at radius 1 is 1.12 bits per heavy atom. The SMILES string of the molecule is COc1cc(-c2ccc(C(=O)O)cc2)c(C)cc1Nc1ncc(Cl)c(Nc2cc(C)[nH]n2)n1. The molecule has 0 atom stereocenters. The smallest absolute Gasteiger partial charge is 0.335 e. The van der Waals surface area contributed by atoms with Crippen LogP contribution in [0.1, 0.15) is 21.6 Å². The molecule has 0 spiro atoms. The molecule has 0 amide bonds. The van der Waals surface area contributed by atoms with Crippen LogP contribution in [0.2, 0.25) is 5.02 Å². The predicted molar refractivity (Wildman–Crippen MR) is 127 cm³/mol. The summed E-state index contributed by atoms with van der Waals surface area (Å²) in [7, 11) is 1.57. The minimum Gasteiger partial charge on any atom is -0.495 e. The van der Waals surface area contributed by atoms with Crippen molar-refractivity contribution >= 4 is 40.8 Å². The third-order valence-corrected chi connectivity index (χ3v) is 5.21. The summed E-state index contributed by atoms with van der Waals surface area (Å²) in [5, 5.41) is 22.7. The average Bonchev–Trinajstić information content (AvgIpc) is 3.21. The molecule has 2 heterocycles. The number of methoxy groups -OCH3 is 1. The van der Waals surface area contributed by atoms with Gasteiger partial charge in [-0.3, -0.25) is 5.10 Å². The molecule has 4 aromatic rings. The van der Waals surface area contributed by atoms with Crippen molar-refractivity contribution in [2.24, 2.45) is 0 Å². The van der Waals surface area contributed by atoms with Crippen molar-refractivity contribution in [1.29, 1.82) is 0 Å². The first-order valence-corrected chi connectivity index (χ1v) is 10.3. The number of aromatic carboxylic acids is 1. The molecule has 2 aromatic heterocycles. The Morgan fingerprint density at radius 3 is 2.52 bits per heavy atom. The van der Waals surface area contributed by atoms with Gasteiger partial charge in [-0.25, -0.2) is 9.78 Å². The first-order chi connectivity index (χ1) is 15.8. The Hall–Kier alpha value is -4.11. The van der Waals surface area contributed by atoms with E-state index >= 15 is 0 Å². The van der Waals surface area contributed by atoms with E-state index in [0.29, 0.717) is 34.0 Å². The van der Waals surface area contributed by atoms with Gasteiger partial charge in [-0.1, -0.05) is 23.7 Å². The Bertz CT molecular complexity index is 1320. The number of ether oxygens (including phenoxy) is 1. The second kappa shape index (κ2) is 9.17. The summed E-state index contributed by atoms with van der Waals surface area (Å²) in [6, 6.07) is 12.3. The molecule has 9 nitrogen and oxygen atoms in total. The zero-order valence-electron chi connectivity index (χ0n) is 18.1. The maximum absolute atomic E-state index is 11.1. The maximum Gasteiger partial charge on any atom is 0.335 e. The van der Waals surface area contributed by atoms with E-state index in [9.17, 15) is 4.79 Å². The van der Waals surface area contributed by atoms with Gasteiger partial charge < -0.3 is 20.5 Å². The molecule has 4 rings (SSSR count). The highest BCUT2D eigenvalue weighted by Gasteiger charge is 2.14. The zero-order valence-corrected chi connectivity index (χ0v) is 18.9. The number of hydrogen-bond donors (Lipinski definition) is 4. The molecule has 2 aromatic carbocycles. The quantitative estimate of drug-likeness (QED) is 0.289. The van der Waals surface area contributed by atoms with Crippen LogP contribution in [-0.2, 0) is 0 Å². The van der Waals surface area contributed by atoms with Crippen molar-refractivity contribution < 1.29 is 14.6 Å². The average molecular weight is 465 g/mol. The Kier molecular flexibility index (Phi) is 6.14. The Labute approximate surface area is 194 Å². The van der Waals surface area contributed by atoms with E-state index in [0.717, 1.165) is 22.4 Å². The summed E-state index contributed by atoms with van der Waals surface area (Å²) in [6.45, 7) is 3.85. The molecule has 0 saturated heterocycles. The fourth-order valence-electron chi connectivity index (χ4n) is 3.30. The first kappa shape index (κ1) is 22.1. The zero-order chi connectivity index (χ0) is 23.5. The van der Waals surface area contributed by atoms with Crippen molar-refractivity contribution in [3.63, 3.8) is 0 Å². The van der Waals surface area contributed by atoms with E-state index < -0.39 is 5.97 Å². The molecule has 0 saturated carbocycles. The van der Waals surface area contributed by atoms with Crippen molar-refractivity contribution in [1.82, 2.24) is 20.2 Å². The maximum atomic E-state index is 11.1. The number of carboxylic acids is 1. The molecule has 0 fully saturated rings. The number of hydrogen-bond acceptors (Lipinski definition) is 7. The number of carboxylic acid groups (broad SMARTS) is 1. The van der Waals surface area contributed by atoms with Gasteiger partial charge in [0.05, 0.1) is 24.6 Å². The van der Waals surface area contributed by atoms with Crippen LogP contribution in [0.4, 0.5) is 23.3 Å². The Balaban J connectivity index is 1.62. The van der Waals surface area contributed by atoms with Crippen LogP contribution in [0.25, 0.3) is 11.1 Å². The number of halogens is 1. The van der Waals surface area contributed by atoms with Crippen molar-refractivity contribution in [3.05, 3.63) is 70.5 Å². The molecule has 10 heteroatoms. The van der Waals surface area contributed by atoms with Crippen LogP contribution in [0.3, 0.4) is 0 Å². The van der Waals surface area contributed by atoms with Crippen molar-refractivity contribution in [2.75, 3.05) is 17.7 Å². The summed E-state index contributed by atoms with van der Waals surface area (Å²) < 4.78 is 5.58. The van der Waals surface area contributed by atoms with Gasteiger partial charge in [0.25, 0.3) is 0 Å². The minimum absolute atomic E-state index is 0.232. The van der Waals surface area contributed by atoms with E-state index in [4.69, 9.17) is 21.4 Å². The lowest BCUT2D eigenvalue weighted by molar-refractivity contribution is 0.0697. The number of aromatic nitrogens is 4. The molecular weight excluding hydrogens is 444 g/mol. The number of nitrogens with one attached hydrogen (secondary N) is 3. The first-order valence-electron chi connectivity index (χ1n) is 9.95. The normalized spacial score (nSPS) is 10.7. The summed E-state index contributed by atoms with van der Waals surface area (Å²) in [4.78, 5) is 19.8. The number of nitrogens with zero attached hydrogens (tertiary/aromatic N) is 3. The third-order valence-electron chi connectivity index (χ3n) is 4.93. The molecule has 0 aliphatic carbocycles. The molecular formula is C23H21ClN6O3. The van der Waals surface area contributed by atoms with Crippen molar-refractivity contribution in [3.8, 4) is 16.9 Å². The van der Waals surface area contributed by atoms with Crippen LogP contribution in [0.15, 0.2) is 48.7 Å². The third kappa shape index (κ3) is 4.88. The fraction of sp³-hybridized carbons (Fsp3) is 0.130. The minimum atomic E-state index is -0.963. The number of H-pyrrole nitrogens is 1. The second-order valence-electron chi connectivity index (χ2n) is 7.33. The monoisotopic (exact) mass is 464 g/mol. The number of aryl methyl sites for hydroxylation is 2. The van der Waals surface area contributed by atoms with Gasteiger partial charge in [-0.15, -0.1) is 0 Å². The molecule has 0 unspecified atom stereocenters. The van der Waals surface area contributed by atoms with Gasteiger partial charge in [0.15, 0.2) is 11.6 Å². The number of anilines is 4. The predicted octanol–water partition coefficient (Wildman–Crippen LogP) is 5.33. The lowest BCUT2D eigenvalue weighted by atomic mass is 9.98. The second-order valence-corrected chi connectivity index (χ2v) is 7.73. The number of benzene rings is 2. The summed E-state index contributed by atoms with van der Waals surface area (Å²) in [5.41, 5.74) is 4.56. The van der Waals surface area contributed by atoms with Gasteiger partial charge in [-0.05, 0) is 54.8 Å². The largest absolute Gasteiger partial charge is 0.495 e. The van der Waals surface area contributed by atoms with E-state index in [-0.39, 0.29) is 5.56 Å². The van der Waals surface area contributed by atoms with Gasteiger partial charge in [0.2, 0.25) is 5.95 Å². The lowest BCUT2D eigenvalue weighted by Gasteiger charge is -2.15. The molecule has 0 radical (unpaired) electrons. The van der Waals surface area contributed by atoms with Crippen LogP contribution < -0.4 is 15.4 Å². The molecule has 0 aliphatic rings. The van der Waals surface area contributed by atoms with E-state index in [1.807, 2.05) is 32.0 Å². The summed E-state index contributed by atoms with van der Waals surface area (Å²) >= 11 is 6.24. The number of aromatic amines is 1. The summed E-state index contributed by atoms with van der Waals surface area (Å²) in [5.74, 6) is 0.936. The highest BCUT2D eigenvalue weighted by molar-refractivity contribution is 6.32. The van der Waals surface area contributed by atoms with E-state index in [2.05, 4.69) is 30.8 Å². The van der Waals surface area contributed by atoms with Gasteiger partial charge in [-0.2, -0.15) is 10.1 Å². The standard InChI is InChI=1S/C23H21ClN6O3/c1-12-8-18(19(33-3)10-16(12)14-4-6-15(7-5-14)22(31)32)26-23-25-11-17(24)21(28-23)27-20-9-13(2)29-30-20/h4-11H,1-3H3,(H,31,32)(H3,25,26,27,28,29,30). The van der Waals surface area contributed by atoms with Gasteiger partial charge in [0, 0.05) is 11.8 Å². The number of carbonyl (C=O) groups is 1. The van der Waals surface area contributed by atoms with Crippen molar-refractivity contribution in [2.45, 2.75) is 13.8 Å². The van der Waals surface area contributed by atoms with Crippen LogP contribution in [0, 0.1) is 13.8 Å². The van der Waals surface area contributed by atoms with Crippen LogP contribution in [0.5, 0.6) is 5.75 Å². The van der Waals surface area contributed by atoms with Crippen LogP contribution >= 0.6 is 11.6 Å². The highest BCUT2D eigenvalue weighted by atomic mass is 35.5. The van der Waals surface area contributed by atoms with Gasteiger partial charge >= 0.3 is 5.97 Å². The molecule has 4 N–H and O–H groups in total. The van der Waals surface area contributed by atoms with Crippen LogP contribution in [-0.4, -0.2) is 38.4 Å². The molecule has 0 aliphatic heterocycles. The molecule has 168 valence electrons. The lowest BCUT2D eigenvalue weighted by Crippen LogP contribution is -2.03. The highest BCUT2D eigenvalue weighted by Crippen LogP contribution is 2.35. The fourth-order valence-corrected chi connectivity index (χ4v) is 3.44. The van der Waals surface area contributed by atoms with E-state index in [1.165, 1.54) is 6.20 Å². The topological polar surface area (TPSA) is 125 Å². The Morgan fingerprint density at radius 2 is 1.88 bits per heavy atom. The van der Waals surface area contributed by atoms with E-state index in [1.54, 1.807) is 31.4 Å². The van der Waals surface area contributed by atoms with Gasteiger partial charge in [0.1, 0.15) is 10.8 Å².